The van der Waals surface area contributed by atoms with E-state index in [1.165, 1.54) is 5.56 Å². The average molecular weight is 337 g/mol. The Labute approximate surface area is 148 Å². The van der Waals surface area contributed by atoms with Crippen LogP contribution in [-0.2, 0) is 4.74 Å². The Morgan fingerprint density at radius 3 is 2.44 bits per heavy atom. The van der Waals surface area contributed by atoms with Crippen LogP contribution in [0.3, 0.4) is 0 Å². The van der Waals surface area contributed by atoms with E-state index in [0.717, 1.165) is 37.4 Å². The highest BCUT2D eigenvalue weighted by Gasteiger charge is 2.20. The zero-order valence-corrected chi connectivity index (χ0v) is 14.5. The second-order valence-corrected chi connectivity index (χ2v) is 6.68. The van der Waals surface area contributed by atoms with Gasteiger partial charge in [-0.15, -0.1) is 0 Å². The molecule has 25 heavy (non-hydrogen) atoms. The molecule has 2 heterocycles. The summed E-state index contributed by atoms with van der Waals surface area (Å²) < 4.78 is 11.1. The SMILES string of the molecule is CC(c1ccc(-c2ccc3c(c2)OCCC3=O)cc1)N1CCOCC1. The number of ketones is 1. The van der Waals surface area contributed by atoms with Gasteiger partial charge in [0, 0.05) is 25.6 Å². The van der Waals surface area contributed by atoms with Gasteiger partial charge in [-0.3, -0.25) is 9.69 Å². The maximum Gasteiger partial charge on any atom is 0.169 e. The molecule has 1 atom stereocenters. The molecule has 130 valence electrons. The fraction of sp³-hybridized carbons (Fsp3) is 0.381. The Kier molecular flexibility index (Phi) is 4.55. The molecule has 1 unspecified atom stereocenters. The maximum atomic E-state index is 11.9. The number of fused-ring (bicyclic) bond motifs is 1. The summed E-state index contributed by atoms with van der Waals surface area (Å²) in [5.41, 5.74) is 4.24. The molecule has 0 N–H and O–H groups in total. The summed E-state index contributed by atoms with van der Waals surface area (Å²) >= 11 is 0. The second-order valence-electron chi connectivity index (χ2n) is 6.68. The molecule has 2 aliphatic heterocycles. The molecule has 1 saturated heterocycles. The molecule has 0 bridgehead atoms. The molecule has 2 aliphatic rings. The van der Waals surface area contributed by atoms with Crippen molar-refractivity contribution in [3.8, 4) is 16.9 Å². The van der Waals surface area contributed by atoms with Crippen molar-refractivity contribution in [2.75, 3.05) is 32.9 Å². The average Bonchev–Trinajstić information content (AvgIpc) is 2.68. The first kappa shape index (κ1) is 16.3. The minimum absolute atomic E-state index is 0.169. The summed E-state index contributed by atoms with van der Waals surface area (Å²) in [6, 6.07) is 15.0. The first-order valence-corrected chi connectivity index (χ1v) is 8.94. The maximum absolute atomic E-state index is 11.9. The number of ether oxygens (including phenoxy) is 2. The van der Waals surface area contributed by atoms with Gasteiger partial charge in [-0.05, 0) is 35.7 Å². The highest BCUT2D eigenvalue weighted by Crippen LogP contribution is 2.31. The quantitative estimate of drug-likeness (QED) is 0.856. The molecule has 0 aliphatic carbocycles. The van der Waals surface area contributed by atoms with Gasteiger partial charge >= 0.3 is 0 Å². The molecule has 2 aromatic carbocycles. The molecule has 4 nitrogen and oxygen atoms in total. The lowest BCUT2D eigenvalue weighted by Gasteiger charge is -2.32. The number of rotatable bonds is 3. The van der Waals surface area contributed by atoms with E-state index >= 15 is 0 Å². The van der Waals surface area contributed by atoms with Crippen LogP contribution < -0.4 is 4.74 Å². The van der Waals surface area contributed by atoms with Crippen LogP contribution in [-0.4, -0.2) is 43.6 Å². The number of morpholine rings is 1. The Morgan fingerprint density at radius 1 is 0.960 bits per heavy atom. The first-order chi connectivity index (χ1) is 12.2. The molecule has 0 radical (unpaired) electrons. The van der Waals surface area contributed by atoms with Crippen LogP contribution >= 0.6 is 0 Å². The number of benzene rings is 2. The van der Waals surface area contributed by atoms with Crippen LogP contribution in [0, 0.1) is 0 Å². The van der Waals surface area contributed by atoms with Crippen molar-refractivity contribution in [1.29, 1.82) is 0 Å². The number of hydrogen-bond donors (Lipinski definition) is 0. The Balaban J connectivity index is 1.55. The van der Waals surface area contributed by atoms with Gasteiger partial charge in [-0.25, -0.2) is 0 Å². The molecule has 0 saturated carbocycles. The molecule has 2 aromatic rings. The minimum atomic E-state index is 0.169. The van der Waals surface area contributed by atoms with E-state index in [4.69, 9.17) is 9.47 Å². The molecular weight excluding hydrogens is 314 g/mol. The third-order valence-electron chi connectivity index (χ3n) is 5.19. The topological polar surface area (TPSA) is 38.8 Å². The summed E-state index contributed by atoms with van der Waals surface area (Å²) in [5.74, 6) is 0.877. The van der Waals surface area contributed by atoms with Crippen LogP contribution in [0.5, 0.6) is 5.75 Å². The standard InChI is InChI=1S/C21H23NO3/c1-15(22-9-12-24-13-10-22)16-2-4-17(5-3-16)18-6-7-19-20(23)8-11-25-21(19)14-18/h2-7,14-15H,8-13H2,1H3. The van der Waals surface area contributed by atoms with Crippen molar-refractivity contribution in [1.82, 2.24) is 4.90 Å². The van der Waals surface area contributed by atoms with Crippen molar-refractivity contribution in [2.24, 2.45) is 0 Å². The molecule has 0 aromatic heterocycles. The predicted octanol–water partition coefficient (Wildman–Crippen LogP) is 3.71. The monoisotopic (exact) mass is 337 g/mol. The number of carbonyl (C=O) groups is 1. The van der Waals surface area contributed by atoms with Crippen molar-refractivity contribution in [3.63, 3.8) is 0 Å². The van der Waals surface area contributed by atoms with Crippen LogP contribution in [0.1, 0.15) is 35.3 Å². The van der Waals surface area contributed by atoms with E-state index in [1.54, 1.807) is 0 Å². The minimum Gasteiger partial charge on any atom is -0.492 e. The van der Waals surface area contributed by atoms with Crippen molar-refractivity contribution >= 4 is 5.78 Å². The van der Waals surface area contributed by atoms with Gasteiger partial charge in [0.1, 0.15) is 5.75 Å². The van der Waals surface area contributed by atoms with Crippen LogP contribution in [0.25, 0.3) is 11.1 Å². The lowest BCUT2D eigenvalue weighted by atomic mass is 9.97. The molecule has 0 spiro atoms. The van der Waals surface area contributed by atoms with Gasteiger partial charge in [0.15, 0.2) is 5.78 Å². The normalized spacial score (nSPS) is 19.2. The predicted molar refractivity (Wildman–Crippen MR) is 97.1 cm³/mol. The van der Waals surface area contributed by atoms with E-state index in [2.05, 4.69) is 36.1 Å². The van der Waals surface area contributed by atoms with Gasteiger partial charge in [0.25, 0.3) is 0 Å². The molecular formula is C21H23NO3. The van der Waals surface area contributed by atoms with E-state index in [0.29, 0.717) is 30.4 Å². The summed E-state index contributed by atoms with van der Waals surface area (Å²) in [5, 5.41) is 0. The van der Waals surface area contributed by atoms with Crippen molar-refractivity contribution in [3.05, 3.63) is 53.6 Å². The summed E-state index contributed by atoms with van der Waals surface area (Å²) in [4.78, 5) is 14.4. The lowest BCUT2D eigenvalue weighted by molar-refractivity contribution is 0.0198. The molecule has 4 rings (SSSR count). The Bertz CT molecular complexity index is 763. The van der Waals surface area contributed by atoms with Crippen LogP contribution in [0.2, 0.25) is 0 Å². The van der Waals surface area contributed by atoms with Gasteiger partial charge < -0.3 is 9.47 Å². The summed E-state index contributed by atoms with van der Waals surface area (Å²) in [7, 11) is 0. The van der Waals surface area contributed by atoms with E-state index < -0.39 is 0 Å². The third kappa shape index (κ3) is 3.32. The van der Waals surface area contributed by atoms with Crippen molar-refractivity contribution in [2.45, 2.75) is 19.4 Å². The zero-order chi connectivity index (χ0) is 17.2. The number of hydrogen-bond acceptors (Lipinski definition) is 4. The zero-order valence-electron chi connectivity index (χ0n) is 14.5. The Morgan fingerprint density at radius 2 is 1.68 bits per heavy atom. The highest BCUT2D eigenvalue weighted by atomic mass is 16.5. The molecule has 0 amide bonds. The second kappa shape index (κ2) is 6.98. The number of nitrogens with zero attached hydrogens (tertiary/aromatic N) is 1. The van der Waals surface area contributed by atoms with Crippen LogP contribution in [0.4, 0.5) is 0 Å². The number of carbonyl (C=O) groups excluding carboxylic acids is 1. The smallest absolute Gasteiger partial charge is 0.169 e. The Hall–Kier alpha value is -2.17. The van der Waals surface area contributed by atoms with Gasteiger partial charge in [-0.1, -0.05) is 30.3 Å². The molecule has 4 heteroatoms. The van der Waals surface area contributed by atoms with Gasteiger partial charge in [-0.2, -0.15) is 0 Å². The number of Topliss-reactive ketones (excluding diaryl/α,β-unsaturated/α-hetero) is 1. The van der Waals surface area contributed by atoms with Crippen molar-refractivity contribution < 1.29 is 14.3 Å². The van der Waals surface area contributed by atoms with E-state index in [-0.39, 0.29) is 5.78 Å². The van der Waals surface area contributed by atoms with Gasteiger partial charge in [0.05, 0.1) is 25.4 Å². The first-order valence-electron chi connectivity index (χ1n) is 8.94. The van der Waals surface area contributed by atoms with E-state index in [9.17, 15) is 4.79 Å². The fourth-order valence-electron chi connectivity index (χ4n) is 3.57. The fourth-order valence-corrected chi connectivity index (χ4v) is 3.57. The van der Waals surface area contributed by atoms with Crippen LogP contribution in [0.15, 0.2) is 42.5 Å². The largest absolute Gasteiger partial charge is 0.492 e. The van der Waals surface area contributed by atoms with E-state index in [1.807, 2.05) is 18.2 Å². The lowest BCUT2D eigenvalue weighted by Crippen LogP contribution is -2.37. The third-order valence-corrected chi connectivity index (χ3v) is 5.19. The highest BCUT2D eigenvalue weighted by molar-refractivity contribution is 6.00. The summed E-state index contributed by atoms with van der Waals surface area (Å²) in [6.07, 6.45) is 0.473. The van der Waals surface area contributed by atoms with Gasteiger partial charge in [0.2, 0.25) is 0 Å². The molecule has 1 fully saturated rings. The summed E-state index contributed by atoms with van der Waals surface area (Å²) in [6.45, 7) is 6.33.